The van der Waals surface area contributed by atoms with Crippen LogP contribution in [0.5, 0.6) is 0 Å². The van der Waals surface area contributed by atoms with Crippen LogP contribution in [0.25, 0.3) is 0 Å². The van der Waals surface area contributed by atoms with Crippen LogP contribution in [0.2, 0.25) is 0 Å². The van der Waals surface area contributed by atoms with Gasteiger partial charge >= 0.3 is 6.18 Å². The Labute approximate surface area is 90.5 Å². The van der Waals surface area contributed by atoms with Crippen molar-refractivity contribution in [2.75, 3.05) is 0 Å². The number of rotatable bonds is 1. The highest BCUT2D eigenvalue weighted by Gasteiger charge is 2.49. The van der Waals surface area contributed by atoms with Crippen molar-refractivity contribution >= 4 is 66.9 Å². The van der Waals surface area contributed by atoms with Gasteiger partial charge in [0.15, 0.2) is 0.338 Å². The van der Waals surface area contributed by atoms with Crippen molar-refractivity contribution in [1.82, 2.24) is 0 Å². The highest BCUT2D eigenvalue weighted by atomic mass is 127. The molecule has 0 spiro atoms. The normalized spacial score (nSPS) is 13.4. The maximum atomic E-state index is 11.6. The average molecular weight is 443 g/mol. The molecule has 0 rings (SSSR count). The van der Waals surface area contributed by atoms with E-state index in [0.29, 0.717) is 0 Å². The van der Waals surface area contributed by atoms with E-state index in [0.717, 1.165) is 0 Å². The number of Topliss-reactive ketones (excluding diaryl/α,β-unsaturated/α-hetero) is 1. The van der Waals surface area contributed by atoms with Gasteiger partial charge in [0.05, 0.1) is 0 Å². The largest absolute Gasteiger partial charge is 0.453 e. The van der Waals surface area contributed by atoms with E-state index in [2.05, 4.69) is 15.9 Å². The lowest BCUT2D eigenvalue weighted by Crippen LogP contribution is -2.32. The van der Waals surface area contributed by atoms with Crippen molar-refractivity contribution < 1.29 is 18.0 Å². The maximum absolute atomic E-state index is 11.6. The van der Waals surface area contributed by atoms with Crippen LogP contribution in [0.15, 0.2) is 0 Å². The van der Waals surface area contributed by atoms with Crippen LogP contribution in [0, 0.1) is 0 Å². The van der Waals surface area contributed by atoms with Crippen molar-refractivity contribution in [1.29, 1.82) is 0 Å². The van der Waals surface area contributed by atoms with Gasteiger partial charge < -0.3 is 0 Å². The molecule has 10 heavy (non-hydrogen) atoms. The molecule has 0 aromatic rings. The highest BCUT2D eigenvalue weighted by Crippen LogP contribution is 2.40. The fraction of sp³-hybridized carbons (Fsp3) is 0.667. The number of carbonyl (C=O) groups is 1. The van der Waals surface area contributed by atoms with Crippen LogP contribution < -0.4 is 0 Å². The summed E-state index contributed by atoms with van der Waals surface area (Å²) >= 11 is 5.31. The molecule has 0 aliphatic rings. The first kappa shape index (κ1) is 11.4. The molecular formula is C3BrF3I2O. The molecule has 0 amide bonds. The Balaban J connectivity index is 4.40. The summed E-state index contributed by atoms with van der Waals surface area (Å²) in [6.45, 7) is 0. The molecule has 0 radical (unpaired) electrons. The molecule has 7 heteroatoms. The van der Waals surface area contributed by atoms with Crippen molar-refractivity contribution in [2.45, 2.75) is 6.51 Å². The molecule has 0 unspecified atom stereocenters. The summed E-state index contributed by atoms with van der Waals surface area (Å²) in [5.74, 6) is -1.79. The summed E-state index contributed by atoms with van der Waals surface area (Å²) in [6, 6.07) is 0. The average Bonchev–Trinajstić information content (AvgIpc) is 1.59. The van der Waals surface area contributed by atoms with Gasteiger partial charge in [0.2, 0.25) is 0 Å². The predicted molar refractivity (Wildman–Crippen MR) is 50.8 cm³/mol. The van der Waals surface area contributed by atoms with Crippen LogP contribution in [-0.4, -0.2) is 12.3 Å². The minimum atomic E-state index is -4.76. The van der Waals surface area contributed by atoms with Gasteiger partial charge in [-0.1, -0.05) is 15.9 Å². The Morgan fingerprint density at radius 3 is 1.60 bits per heavy atom. The van der Waals surface area contributed by atoms with Gasteiger partial charge in [-0.15, -0.1) is 0 Å². The molecule has 60 valence electrons. The van der Waals surface area contributed by atoms with E-state index in [1.54, 1.807) is 0 Å². The van der Waals surface area contributed by atoms with E-state index in [9.17, 15) is 18.0 Å². The lowest BCUT2D eigenvalue weighted by molar-refractivity contribution is -0.168. The Bertz CT molecular complexity index is 133. The lowest BCUT2D eigenvalue weighted by atomic mass is 10.4. The molecule has 0 atom stereocenters. The minimum absolute atomic E-state index is 1.36. The number of hydrogen-bond acceptors (Lipinski definition) is 1. The van der Waals surface area contributed by atoms with E-state index in [4.69, 9.17) is 0 Å². The number of hydrogen-bond donors (Lipinski definition) is 0. The Hall–Kier alpha value is 1.40. The molecule has 0 aromatic carbocycles. The van der Waals surface area contributed by atoms with Gasteiger partial charge in [0.1, 0.15) is 0 Å². The molecule has 1 nitrogen and oxygen atoms in total. The van der Waals surface area contributed by atoms with Gasteiger partial charge in [-0.2, -0.15) is 13.2 Å². The third-order valence-electron chi connectivity index (χ3n) is 0.515. The fourth-order valence-electron chi connectivity index (χ4n) is 0.161. The quantitative estimate of drug-likeness (QED) is 0.451. The van der Waals surface area contributed by atoms with Crippen LogP contribution in [0.1, 0.15) is 0 Å². The minimum Gasteiger partial charge on any atom is -0.286 e. The summed E-state index contributed by atoms with van der Waals surface area (Å²) in [6.07, 6.45) is -4.76. The van der Waals surface area contributed by atoms with Crippen LogP contribution >= 0.6 is 61.1 Å². The van der Waals surface area contributed by atoms with Crippen LogP contribution in [-0.2, 0) is 4.79 Å². The molecule has 0 bridgehead atoms. The van der Waals surface area contributed by atoms with E-state index in [-0.39, 0.29) is 0 Å². The smallest absolute Gasteiger partial charge is 0.286 e. The van der Waals surface area contributed by atoms with Gasteiger partial charge in [-0.05, 0) is 45.2 Å². The highest BCUT2D eigenvalue weighted by molar-refractivity contribution is 14.2. The standard InChI is InChI=1S/C3BrF3I2O/c4-2(8,9)1(10)3(5,6)7. The second-order valence-electron chi connectivity index (χ2n) is 1.32. The fourth-order valence-corrected chi connectivity index (χ4v) is 0.997. The summed E-state index contributed by atoms with van der Waals surface area (Å²) in [7, 11) is 0. The molecule has 0 aliphatic carbocycles. The third kappa shape index (κ3) is 3.69. The first-order valence-electron chi connectivity index (χ1n) is 1.84. The SMILES string of the molecule is O=C(C(F)(F)F)C(Br)(I)I. The molecule has 0 saturated heterocycles. The molecule has 0 saturated carbocycles. The van der Waals surface area contributed by atoms with E-state index < -0.39 is 12.3 Å². The zero-order valence-corrected chi connectivity index (χ0v) is 10.1. The topological polar surface area (TPSA) is 17.1 Å². The maximum Gasteiger partial charge on any atom is 0.453 e. The molecule has 0 N–H and O–H groups in total. The summed E-state index contributed by atoms with van der Waals surface area (Å²) < 4.78 is 33.1. The molecular weight excluding hydrogens is 443 g/mol. The number of carbonyl (C=O) groups excluding carboxylic acids is 1. The van der Waals surface area contributed by atoms with E-state index in [1.165, 1.54) is 45.2 Å². The van der Waals surface area contributed by atoms with Gasteiger partial charge in [0, 0.05) is 0 Å². The van der Waals surface area contributed by atoms with Crippen molar-refractivity contribution in [2.24, 2.45) is 0 Å². The van der Waals surface area contributed by atoms with E-state index >= 15 is 0 Å². The molecule has 0 heterocycles. The number of alkyl halides is 6. The third-order valence-corrected chi connectivity index (χ3v) is 1.85. The Morgan fingerprint density at radius 2 is 1.60 bits per heavy atom. The first-order chi connectivity index (χ1) is 4.15. The monoisotopic (exact) mass is 442 g/mol. The van der Waals surface area contributed by atoms with Gasteiger partial charge in [-0.3, -0.25) is 4.79 Å². The molecule has 0 aliphatic heterocycles. The van der Waals surface area contributed by atoms with Crippen molar-refractivity contribution in [3.8, 4) is 0 Å². The Morgan fingerprint density at radius 1 is 1.30 bits per heavy atom. The van der Waals surface area contributed by atoms with Crippen LogP contribution in [0.3, 0.4) is 0 Å². The molecule has 0 fully saturated rings. The zero-order valence-electron chi connectivity index (χ0n) is 4.18. The predicted octanol–water partition coefficient (Wildman–Crippen LogP) is 3.04. The number of halogens is 6. The van der Waals surface area contributed by atoms with Crippen LogP contribution in [0.4, 0.5) is 13.2 Å². The Kier molecular flexibility index (Phi) is 3.89. The molecule has 0 aromatic heterocycles. The second kappa shape index (κ2) is 3.42. The zero-order chi connectivity index (χ0) is 8.58. The van der Waals surface area contributed by atoms with Gasteiger partial charge in [-0.25, -0.2) is 0 Å². The van der Waals surface area contributed by atoms with Crippen molar-refractivity contribution in [3.05, 3.63) is 0 Å². The first-order valence-corrected chi connectivity index (χ1v) is 4.79. The summed E-state index contributed by atoms with van der Waals surface area (Å²) in [4.78, 5) is 10.3. The second-order valence-corrected chi connectivity index (χ2v) is 10.8. The van der Waals surface area contributed by atoms with Gasteiger partial charge in [0.25, 0.3) is 5.78 Å². The number of ketones is 1. The summed E-state index contributed by atoms with van der Waals surface area (Å²) in [5.41, 5.74) is 0. The van der Waals surface area contributed by atoms with E-state index in [1.807, 2.05) is 0 Å². The lowest BCUT2D eigenvalue weighted by Gasteiger charge is -2.12. The summed E-state index contributed by atoms with van der Waals surface area (Å²) in [5, 5.41) is 0. The van der Waals surface area contributed by atoms with Crippen molar-refractivity contribution in [3.63, 3.8) is 0 Å².